The molecule has 0 radical (unpaired) electrons. The molecule has 1 aromatic heterocycles. The molecule has 1 aromatic rings. The Kier molecular flexibility index (Phi) is 3.86. The zero-order valence-electron chi connectivity index (χ0n) is 8.78. The monoisotopic (exact) mass is 278 g/mol. The number of sulfonamides is 1. The van der Waals surface area contributed by atoms with E-state index in [4.69, 9.17) is 10.8 Å². The molecule has 0 saturated carbocycles. The minimum absolute atomic E-state index is 0.104. The van der Waals surface area contributed by atoms with Crippen LogP contribution in [0.5, 0.6) is 0 Å². The van der Waals surface area contributed by atoms with Crippen LogP contribution in [0.1, 0.15) is 9.67 Å². The molecular formula is C8H10N2O5S2. The molecule has 0 spiro atoms. The smallest absolute Gasteiger partial charge is 0.318 e. The van der Waals surface area contributed by atoms with Crippen LogP contribution in [-0.2, 0) is 14.8 Å². The Hall–Kier alpha value is -1.45. The Morgan fingerprint density at radius 2 is 2.12 bits per heavy atom. The molecule has 1 rings (SSSR count). The van der Waals surface area contributed by atoms with Gasteiger partial charge in [-0.25, -0.2) is 8.42 Å². The second-order valence-corrected chi connectivity index (χ2v) is 6.12. The average Bonchev–Trinajstić information content (AvgIpc) is 2.65. The van der Waals surface area contributed by atoms with Gasteiger partial charge in [0, 0.05) is 12.4 Å². The van der Waals surface area contributed by atoms with Gasteiger partial charge in [-0.2, -0.15) is 4.31 Å². The Labute approximate surface area is 102 Å². The van der Waals surface area contributed by atoms with Gasteiger partial charge in [-0.1, -0.05) is 0 Å². The molecule has 0 fully saturated rings. The molecule has 1 heterocycles. The van der Waals surface area contributed by atoms with Gasteiger partial charge < -0.3 is 10.8 Å². The maximum Gasteiger partial charge on any atom is 0.318 e. The fourth-order valence-electron chi connectivity index (χ4n) is 1.04. The highest BCUT2D eigenvalue weighted by Gasteiger charge is 2.24. The molecule has 0 saturated heterocycles. The molecule has 3 N–H and O–H groups in total. The molecule has 0 aromatic carbocycles. The summed E-state index contributed by atoms with van der Waals surface area (Å²) in [4.78, 5) is 21.2. The zero-order chi connectivity index (χ0) is 13.2. The van der Waals surface area contributed by atoms with E-state index in [2.05, 4.69) is 0 Å². The lowest BCUT2D eigenvalue weighted by atomic mass is 10.5. The highest BCUT2D eigenvalue weighted by Crippen LogP contribution is 2.21. The lowest BCUT2D eigenvalue weighted by molar-refractivity contribution is -0.137. The number of carboxylic acids is 1. The van der Waals surface area contributed by atoms with E-state index in [0.29, 0.717) is 4.31 Å². The maximum absolute atomic E-state index is 11.8. The summed E-state index contributed by atoms with van der Waals surface area (Å²) in [5.41, 5.74) is 5.00. The SMILES string of the molecule is CN(CC(=O)O)S(=O)(=O)c1csc(C(N)=O)c1. The lowest BCUT2D eigenvalue weighted by Crippen LogP contribution is -2.31. The minimum Gasteiger partial charge on any atom is -0.480 e. The summed E-state index contributed by atoms with van der Waals surface area (Å²) < 4.78 is 24.3. The first-order valence-corrected chi connectivity index (χ1v) is 6.63. The van der Waals surface area contributed by atoms with Crippen molar-refractivity contribution in [3.63, 3.8) is 0 Å². The van der Waals surface area contributed by atoms with E-state index in [0.717, 1.165) is 24.5 Å². The van der Waals surface area contributed by atoms with Gasteiger partial charge in [0.1, 0.15) is 6.54 Å². The Morgan fingerprint density at radius 1 is 1.53 bits per heavy atom. The first-order chi connectivity index (χ1) is 7.75. The van der Waals surface area contributed by atoms with Crippen LogP contribution in [0.4, 0.5) is 0 Å². The first-order valence-electron chi connectivity index (χ1n) is 4.31. The number of likely N-dealkylation sites (N-methyl/N-ethyl adjacent to an activating group) is 1. The van der Waals surface area contributed by atoms with Gasteiger partial charge in [0.25, 0.3) is 5.91 Å². The van der Waals surface area contributed by atoms with E-state index < -0.39 is 28.4 Å². The van der Waals surface area contributed by atoms with Crippen LogP contribution >= 0.6 is 11.3 Å². The van der Waals surface area contributed by atoms with Crippen molar-refractivity contribution in [2.45, 2.75) is 4.90 Å². The number of thiophene rings is 1. The molecule has 0 aliphatic carbocycles. The Morgan fingerprint density at radius 3 is 2.53 bits per heavy atom. The summed E-state index contributed by atoms with van der Waals surface area (Å²) in [5, 5.41) is 9.75. The predicted octanol–water partition coefficient (Wildman–Crippen LogP) is -0.448. The fraction of sp³-hybridized carbons (Fsp3) is 0.250. The predicted molar refractivity (Wildman–Crippen MR) is 60.3 cm³/mol. The topological polar surface area (TPSA) is 118 Å². The number of hydrogen-bond acceptors (Lipinski definition) is 5. The molecule has 0 aliphatic rings. The number of carbonyl (C=O) groups is 2. The summed E-state index contributed by atoms with van der Waals surface area (Å²) in [6.45, 7) is -0.649. The molecule has 1 amide bonds. The van der Waals surface area contributed by atoms with Crippen LogP contribution in [0, 0.1) is 0 Å². The Bertz CT molecular complexity index is 548. The number of aliphatic carboxylic acids is 1. The number of nitrogens with zero attached hydrogens (tertiary/aromatic N) is 1. The number of rotatable bonds is 5. The van der Waals surface area contributed by atoms with Crippen molar-refractivity contribution < 1.29 is 23.1 Å². The number of primary amides is 1. The Balaban J connectivity index is 3.04. The molecule has 0 unspecified atom stereocenters. The highest BCUT2D eigenvalue weighted by atomic mass is 32.2. The lowest BCUT2D eigenvalue weighted by Gasteiger charge is -2.13. The average molecular weight is 278 g/mol. The van der Waals surface area contributed by atoms with Crippen molar-refractivity contribution in [1.82, 2.24) is 4.31 Å². The molecule has 94 valence electrons. The summed E-state index contributed by atoms with van der Waals surface area (Å²) >= 11 is 0.893. The van der Waals surface area contributed by atoms with E-state index in [1.807, 2.05) is 0 Å². The van der Waals surface area contributed by atoms with Crippen molar-refractivity contribution in [1.29, 1.82) is 0 Å². The fourth-order valence-corrected chi connectivity index (χ4v) is 3.27. The van der Waals surface area contributed by atoms with E-state index in [1.54, 1.807) is 0 Å². The molecular weight excluding hydrogens is 268 g/mol. The standard InChI is InChI=1S/C8H10N2O5S2/c1-10(3-7(11)12)17(14,15)5-2-6(8(9)13)16-4-5/h2,4H,3H2,1H3,(H2,9,13)(H,11,12). The van der Waals surface area contributed by atoms with Crippen LogP contribution < -0.4 is 5.73 Å². The second kappa shape index (κ2) is 4.82. The summed E-state index contributed by atoms with van der Waals surface area (Å²) in [6, 6.07) is 1.13. The number of hydrogen-bond donors (Lipinski definition) is 2. The van der Waals surface area contributed by atoms with Gasteiger partial charge in [-0.05, 0) is 6.07 Å². The zero-order valence-corrected chi connectivity index (χ0v) is 10.4. The molecule has 9 heteroatoms. The highest BCUT2D eigenvalue weighted by molar-refractivity contribution is 7.89. The van der Waals surface area contributed by atoms with Gasteiger partial charge >= 0.3 is 5.97 Å². The number of nitrogens with two attached hydrogens (primary N) is 1. The van der Waals surface area contributed by atoms with Crippen molar-refractivity contribution in [3.05, 3.63) is 16.3 Å². The number of carbonyl (C=O) groups excluding carboxylic acids is 1. The molecule has 7 nitrogen and oxygen atoms in total. The summed E-state index contributed by atoms with van der Waals surface area (Å²) in [7, 11) is -2.75. The third-order valence-corrected chi connectivity index (χ3v) is 4.76. The van der Waals surface area contributed by atoms with E-state index in [9.17, 15) is 18.0 Å². The van der Waals surface area contributed by atoms with Gasteiger partial charge in [0.05, 0.1) is 9.77 Å². The maximum atomic E-state index is 11.8. The van der Waals surface area contributed by atoms with Crippen molar-refractivity contribution >= 4 is 33.2 Å². The van der Waals surface area contributed by atoms with Crippen molar-refractivity contribution in [2.75, 3.05) is 13.6 Å². The molecule has 0 bridgehead atoms. The third-order valence-electron chi connectivity index (χ3n) is 1.88. The van der Waals surface area contributed by atoms with Crippen LogP contribution in [0.15, 0.2) is 16.3 Å². The quantitative estimate of drug-likeness (QED) is 0.756. The number of carboxylic acid groups (broad SMARTS) is 1. The molecule has 17 heavy (non-hydrogen) atoms. The van der Waals surface area contributed by atoms with Crippen molar-refractivity contribution in [3.8, 4) is 0 Å². The molecule has 0 atom stereocenters. The normalized spacial score (nSPS) is 11.6. The van der Waals surface area contributed by atoms with E-state index in [1.165, 1.54) is 5.38 Å². The third kappa shape index (κ3) is 3.02. The summed E-state index contributed by atoms with van der Waals surface area (Å²) in [6.07, 6.45) is 0. The largest absolute Gasteiger partial charge is 0.480 e. The van der Waals surface area contributed by atoms with Crippen LogP contribution in [0.25, 0.3) is 0 Å². The van der Waals surface area contributed by atoms with E-state index in [-0.39, 0.29) is 9.77 Å². The molecule has 0 aliphatic heterocycles. The van der Waals surface area contributed by atoms with E-state index >= 15 is 0 Å². The van der Waals surface area contributed by atoms with Crippen LogP contribution in [0.2, 0.25) is 0 Å². The van der Waals surface area contributed by atoms with Crippen LogP contribution in [0.3, 0.4) is 0 Å². The van der Waals surface area contributed by atoms with Crippen LogP contribution in [-0.4, -0.2) is 43.3 Å². The minimum atomic E-state index is -3.89. The summed E-state index contributed by atoms with van der Waals surface area (Å²) in [5.74, 6) is -1.99. The number of amides is 1. The van der Waals surface area contributed by atoms with Crippen molar-refractivity contribution in [2.24, 2.45) is 5.73 Å². The second-order valence-electron chi connectivity index (χ2n) is 3.17. The first kappa shape index (κ1) is 13.6. The van der Waals surface area contributed by atoms with Gasteiger partial charge in [0.15, 0.2) is 0 Å². The van der Waals surface area contributed by atoms with Gasteiger partial charge in [0.2, 0.25) is 10.0 Å². The van der Waals surface area contributed by atoms with Gasteiger partial charge in [-0.3, -0.25) is 9.59 Å². The van der Waals surface area contributed by atoms with Gasteiger partial charge in [-0.15, -0.1) is 11.3 Å².